The van der Waals surface area contributed by atoms with Gasteiger partial charge in [0.15, 0.2) is 0 Å². The second-order valence-electron chi connectivity index (χ2n) is 7.03. The van der Waals surface area contributed by atoms with Gasteiger partial charge in [-0.2, -0.15) is 0 Å². The molecule has 0 bridgehead atoms. The minimum atomic E-state index is -0.606. The predicted molar refractivity (Wildman–Crippen MR) is 82.0 cm³/mol. The maximum absolute atomic E-state index is 10.2. The molecule has 2 fully saturated rings. The van der Waals surface area contributed by atoms with Crippen LogP contribution in [0.25, 0.3) is 0 Å². The van der Waals surface area contributed by atoms with Gasteiger partial charge in [-0.05, 0) is 58.6 Å². The summed E-state index contributed by atoms with van der Waals surface area (Å²) in [4.78, 5) is 0. The van der Waals surface area contributed by atoms with Crippen molar-refractivity contribution in [3.63, 3.8) is 0 Å². The third kappa shape index (κ3) is 2.77. The van der Waals surface area contributed by atoms with Crippen LogP contribution in [0.15, 0.2) is 18.2 Å². The first-order valence-electron chi connectivity index (χ1n) is 7.60. The maximum Gasteiger partial charge on any atom is 0.502 e. The number of hydrogen-bond acceptors (Lipinski definition) is 4. The number of aromatic hydroxyl groups is 1. The predicted octanol–water partition coefficient (Wildman–Crippen LogP) is 2.48. The fourth-order valence-electron chi connectivity index (χ4n) is 2.35. The summed E-state index contributed by atoms with van der Waals surface area (Å²) in [6.07, 6.45) is 2.45. The van der Waals surface area contributed by atoms with Crippen LogP contribution in [-0.4, -0.2) is 30.0 Å². The molecular formula is C16H23BO4. The van der Waals surface area contributed by atoms with Gasteiger partial charge in [0, 0.05) is 0 Å². The number of ether oxygens (including phenoxy) is 1. The lowest BCUT2D eigenvalue weighted by atomic mass is 9.77. The van der Waals surface area contributed by atoms with Crippen LogP contribution >= 0.6 is 0 Å². The molecule has 1 saturated carbocycles. The normalized spacial score (nSPS) is 23.3. The van der Waals surface area contributed by atoms with Crippen molar-refractivity contribution in [3.05, 3.63) is 18.2 Å². The van der Waals surface area contributed by atoms with E-state index in [4.69, 9.17) is 14.0 Å². The van der Waals surface area contributed by atoms with Crippen LogP contribution in [-0.2, 0) is 9.31 Å². The molecule has 2 aliphatic rings. The van der Waals surface area contributed by atoms with Crippen molar-refractivity contribution < 1.29 is 19.2 Å². The SMILES string of the molecule is CC1(C)OB(c2c(O)cccc2OCC2CC2)OC1(C)C. The molecule has 1 aliphatic carbocycles. The molecule has 0 spiro atoms. The third-order valence-electron chi connectivity index (χ3n) is 4.70. The molecule has 3 rings (SSSR count). The molecule has 21 heavy (non-hydrogen) atoms. The summed E-state index contributed by atoms with van der Waals surface area (Å²) in [5.41, 5.74) is -0.279. The summed E-state index contributed by atoms with van der Waals surface area (Å²) in [6, 6.07) is 5.29. The van der Waals surface area contributed by atoms with Crippen molar-refractivity contribution in [1.82, 2.24) is 0 Å². The van der Waals surface area contributed by atoms with Gasteiger partial charge >= 0.3 is 7.12 Å². The van der Waals surface area contributed by atoms with Crippen LogP contribution in [0.3, 0.4) is 0 Å². The topological polar surface area (TPSA) is 47.9 Å². The molecule has 0 radical (unpaired) electrons. The zero-order chi connectivity index (χ0) is 15.3. The highest BCUT2D eigenvalue weighted by Gasteiger charge is 2.53. The lowest BCUT2D eigenvalue weighted by molar-refractivity contribution is 0.00578. The molecule has 1 aliphatic heterocycles. The Morgan fingerprint density at radius 2 is 1.81 bits per heavy atom. The first-order chi connectivity index (χ1) is 9.80. The highest BCUT2D eigenvalue weighted by molar-refractivity contribution is 6.64. The number of hydrogen-bond donors (Lipinski definition) is 1. The van der Waals surface area contributed by atoms with E-state index in [0.29, 0.717) is 23.7 Å². The molecule has 1 saturated heterocycles. The number of phenols is 1. The van der Waals surface area contributed by atoms with Crippen molar-refractivity contribution in [1.29, 1.82) is 0 Å². The van der Waals surface area contributed by atoms with E-state index < -0.39 is 18.3 Å². The van der Waals surface area contributed by atoms with Gasteiger partial charge < -0.3 is 19.2 Å². The van der Waals surface area contributed by atoms with Gasteiger partial charge in [-0.15, -0.1) is 0 Å². The molecule has 0 atom stereocenters. The molecule has 114 valence electrons. The zero-order valence-electron chi connectivity index (χ0n) is 13.2. The second-order valence-corrected chi connectivity index (χ2v) is 7.03. The summed E-state index contributed by atoms with van der Waals surface area (Å²) < 4.78 is 17.9. The third-order valence-corrected chi connectivity index (χ3v) is 4.70. The monoisotopic (exact) mass is 290 g/mol. The largest absolute Gasteiger partial charge is 0.508 e. The molecule has 1 N–H and O–H groups in total. The first-order valence-corrected chi connectivity index (χ1v) is 7.60. The van der Waals surface area contributed by atoms with E-state index in [-0.39, 0.29) is 5.75 Å². The molecule has 5 heteroatoms. The Kier molecular flexibility index (Phi) is 3.45. The molecule has 0 amide bonds. The van der Waals surface area contributed by atoms with Gasteiger partial charge in [-0.3, -0.25) is 0 Å². The summed E-state index contributed by atoms with van der Waals surface area (Å²) >= 11 is 0. The zero-order valence-corrected chi connectivity index (χ0v) is 13.2. The highest BCUT2D eigenvalue weighted by atomic mass is 16.7. The number of phenolic OH excluding ortho intramolecular Hbond substituents is 1. The van der Waals surface area contributed by atoms with E-state index in [0.717, 1.165) is 0 Å². The van der Waals surface area contributed by atoms with Gasteiger partial charge in [-0.1, -0.05) is 6.07 Å². The van der Waals surface area contributed by atoms with E-state index in [2.05, 4.69) is 0 Å². The first kappa shape index (κ1) is 14.7. The van der Waals surface area contributed by atoms with E-state index in [1.807, 2.05) is 33.8 Å². The van der Waals surface area contributed by atoms with E-state index in [1.165, 1.54) is 12.8 Å². The average molecular weight is 290 g/mol. The van der Waals surface area contributed by atoms with E-state index in [1.54, 1.807) is 12.1 Å². The van der Waals surface area contributed by atoms with E-state index in [9.17, 15) is 5.11 Å². The Balaban J connectivity index is 1.87. The van der Waals surface area contributed by atoms with Crippen LogP contribution in [0.1, 0.15) is 40.5 Å². The highest BCUT2D eigenvalue weighted by Crippen LogP contribution is 2.38. The van der Waals surface area contributed by atoms with Crippen molar-refractivity contribution in [3.8, 4) is 11.5 Å². The van der Waals surface area contributed by atoms with Gasteiger partial charge in [0.05, 0.1) is 23.3 Å². The summed E-state index contributed by atoms with van der Waals surface area (Å²) in [7, 11) is -0.606. The summed E-state index contributed by atoms with van der Waals surface area (Å²) in [6.45, 7) is 8.68. The van der Waals surface area contributed by atoms with Gasteiger partial charge in [0.2, 0.25) is 0 Å². The van der Waals surface area contributed by atoms with Crippen LogP contribution in [0, 0.1) is 5.92 Å². The van der Waals surface area contributed by atoms with Crippen molar-refractivity contribution >= 4 is 12.6 Å². The Hall–Kier alpha value is -1.20. The van der Waals surface area contributed by atoms with Gasteiger partial charge in [-0.25, -0.2) is 0 Å². The molecule has 1 aromatic carbocycles. The fraction of sp³-hybridized carbons (Fsp3) is 0.625. The van der Waals surface area contributed by atoms with Gasteiger partial charge in [0.1, 0.15) is 11.5 Å². The Morgan fingerprint density at radius 1 is 1.19 bits per heavy atom. The van der Waals surface area contributed by atoms with Crippen LogP contribution in [0.5, 0.6) is 11.5 Å². The van der Waals surface area contributed by atoms with Crippen LogP contribution in [0.2, 0.25) is 0 Å². The molecular weight excluding hydrogens is 267 g/mol. The number of benzene rings is 1. The van der Waals surface area contributed by atoms with Crippen LogP contribution < -0.4 is 10.2 Å². The maximum atomic E-state index is 10.2. The molecule has 0 aromatic heterocycles. The standard InChI is InChI=1S/C16H23BO4/c1-15(2)16(3,4)21-17(20-15)14-12(18)6-5-7-13(14)19-10-11-8-9-11/h5-7,11,18H,8-10H2,1-4H3. The van der Waals surface area contributed by atoms with Crippen molar-refractivity contribution in [2.75, 3.05) is 6.61 Å². The lowest BCUT2D eigenvalue weighted by Crippen LogP contribution is -2.41. The summed E-state index contributed by atoms with van der Waals surface area (Å²) in [5.74, 6) is 1.46. The molecule has 0 unspecified atom stereocenters. The quantitative estimate of drug-likeness (QED) is 0.865. The lowest BCUT2D eigenvalue weighted by Gasteiger charge is -2.32. The average Bonchev–Trinajstić information content (AvgIpc) is 3.15. The van der Waals surface area contributed by atoms with Crippen molar-refractivity contribution in [2.45, 2.75) is 51.7 Å². The molecule has 1 aromatic rings. The smallest absolute Gasteiger partial charge is 0.502 e. The van der Waals surface area contributed by atoms with Gasteiger partial charge in [0.25, 0.3) is 0 Å². The number of rotatable bonds is 4. The van der Waals surface area contributed by atoms with Crippen molar-refractivity contribution in [2.24, 2.45) is 5.92 Å². The minimum Gasteiger partial charge on any atom is -0.508 e. The van der Waals surface area contributed by atoms with Crippen LogP contribution in [0.4, 0.5) is 0 Å². The Labute approximate surface area is 126 Å². The second kappa shape index (κ2) is 4.92. The Bertz CT molecular complexity index is 521. The molecule has 1 heterocycles. The fourth-order valence-corrected chi connectivity index (χ4v) is 2.35. The molecule has 4 nitrogen and oxygen atoms in total. The Morgan fingerprint density at radius 3 is 2.38 bits per heavy atom. The van der Waals surface area contributed by atoms with E-state index >= 15 is 0 Å². The summed E-state index contributed by atoms with van der Waals surface area (Å²) in [5, 5.41) is 10.2. The minimum absolute atomic E-state index is 0.154.